The summed E-state index contributed by atoms with van der Waals surface area (Å²) in [6.45, 7) is 1.36. The molecule has 1 aliphatic rings. The molecule has 0 aromatic heterocycles. The lowest BCUT2D eigenvalue weighted by Gasteiger charge is -2.32. The first-order valence-corrected chi connectivity index (χ1v) is 3.02. The Bertz CT molecular complexity index is 64.0. The molecule has 7 heavy (non-hydrogen) atoms. The maximum Gasteiger partial charge on any atom is 0.104 e. The fraction of sp³-hybridized carbons (Fsp3) is 1.00. The van der Waals surface area contributed by atoms with Gasteiger partial charge in [-0.05, 0) is 0 Å². The third kappa shape index (κ3) is 1.25. The summed E-state index contributed by atoms with van der Waals surface area (Å²) in [4.78, 5) is 1.98. The number of hydrogen-bond acceptors (Lipinski definition) is 4. The summed E-state index contributed by atoms with van der Waals surface area (Å²) in [5.41, 5.74) is 0. The van der Waals surface area contributed by atoms with Crippen LogP contribution in [-0.2, 0) is 4.74 Å². The summed E-state index contributed by atoms with van der Waals surface area (Å²) in [5, 5.41) is 0. The first-order valence-electron chi connectivity index (χ1n) is 1.98. The Kier molecular flexibility index (Phi) is 1.86. The van der Waals surface area contributed by atoms with Crippen LogP contribution in [0.3, 0.4) is 0 Å². The van der Waals surface area contributed by atoms with E-state index in [0.29, 0.717) is 13.5 Å². The summed E-state index contributed by atoms with van der Waals surface area (Å²) in [7, 11) is 0. The van der Waals surface area contributed by atoms with Crippen molar-refractivity contribution in [3.8, 4) is 0 Å². The van der Waals surface area contributed by atoms with E-state index in [-0.39, 0.29) is 4.71 Å². The Balaban J connectivity index is 2.14. The number of nitrogens with zero attached hydrogens (tertiary/aromatic N) is 1. The SMILES string of the molecule is SC(S)N1COC1. The topological polar surface area (TPSA) is 12.5 Å². The molecule has 0 amide bonds. The normalized spacial score (nSPS) is 22.7. The van der Waals surface area contributed by atoms with E-state index in [9.17, 15) is 0 Å². The van der Waals surface area contributed by atoms with Gasteiger partial charge in [0.05, 0.1) is 0 Å². The second-order valence-corrected chi connectivity index (χ2v) is 2.78. The van der Waals surface area contributed by atoms with Crippen LogP contribution < -0.4 is 0 Å². The molecular formula is C3H7NOS2. The summed E-state index contributed by atoms with van der Waals surface area (Å²) in [6, 6.07) is 0. The van der Waals surface area contributed by atoms with Gasteiger partial charge < -0.3 is 4.74 Å². The van der Waals surface area contributed by atoms with Crippen LogP contribution in [0.4, 0.5) is 0 Å². The smallest absolute Gasteiger partial charge is 0.104 e. The predicted molar refractivity (Wildman–Crippen MR) is 34.4 cm³/mol. The van der Waals surface area contributed by atoms with Gasteiger partial charge in [-0.25, -0.2) is 4.90 Å². The maximum atomic E-state index is 4.82. The Hall–Kier alpha value is 0.620. The molecule has 0 aliphatic carbocycles. The van der Waals surface area contributed by atoms with Crippen molar-refractivity contribution in [3.63, 3.8) is 0 Å². The van der Waals surface area contributed by atoms with Crippen molar-refractivity contribution < 1.29 is 4.74 Å². The lowest BCUT2D eigenvalue weighted by molar-refractivity contribution is -0.137. The van der Waals surface area contributed by atoms with Crippen molar-refractivity contribution >= 4 is 25.3 Å². The Labute approximate surface area is 53.6 Å². The van der Waals surface area contributed by atoms with E-state index in [1.54, 1.807) is 0 Å². The number of hydrogen-bond donors (Lipinski definition) is 2. The minimum atomic E-state index is 0.0498. The van der Waals surface area contributed by atoms with Crippen LogP contribution in [0, 0.1) is 0 Å². The Morgan fingerprint density at radius 1 is 1.43 bits per heavy atom. The van der Waals surface area contributed by atoms with Crippen LogP contribution in [-0.4, -0.2) is 23.1 Å². The largest absolute Gasteiger partial charge is 0.350 e. The molecule has 0 unspecified atom stereocenters. The number of ether oxygens (including phenoxy) is 1. The van der Waals surface area contributed by atoms with Crippen LogP contribution in [0.15, 0.2) is 0 Å². The lowest BCUT2D eigenvalue weighted by atomic mass is 10.8. The van der Waals surface area contributed by atoms with E-state index in [1.165, 1.54) is 0 Å². The van der Waals surface area contributed by atoms with Gasteiger partial charge in [-0.2, -0.15) is 0 Å². The number of thiol groups is 2. The minimum absolute atomic E-state index is 0.0498. The maximum absolute atomic E-state index is 4.82. The zero-order valence-electron chi connectivity index (χ0n) is 3.74. The molecule has 0 aromatic carbocycles. The second-order valence-electron chi connectivity index (χ2n) is 1.40. The highest BCUT2D eigenvalue weighted by Crippen LogP contribution is 2.13. The van der Waals surface area contributed by atoms with Crippen molar-refractivity contribution in [2.45, 2.75) is 4.71 Å². The molecule has 0 spiro atoms. The van der Waals surface area contributed by atoms with Crippen molar-refractivity contribution in [1.82, 2.24) is 4.90 Å². The van der Waals surface area contributed by atoms with Gasteiger partial charge in [0.25, 0.3) is 0 Å². The highest BCUT2D eigenvalue weighted by molar-refractivity contribution is 7.99. The average Bonchev–Trinajstić information content (AvgIpc) is 1.23. The molecule has 0 N–H and O–H groups in total. The molecule has 1 fully saturated rings. The van der Waals surface area contributed by atoms with Crippen LogP contribution in [0.25, 0.3) is 0 Å². The van der Waals surface area contributed by atoms with Gasteiger partial charge in [-0.3, -0.25) is 0 Å². The molecule has 1 heterocycles. The quantitative estimate of drug-likeness (QED) is 0.400. The van der Waals surface area contributed by atoms with E-state index >= 15 is 0 Å². The molecule has 1 saturated heterocycles. The third-order valence-electron chi connectivity index (χ3n) is 0.841. The summed E-state index contributed by atoms with van der Waals surface area (Å²) >= 11 is 8.07. The van der Waals surface area contributed by atoms with E-state index in [4.69, 9.17) is 4.74 Å². The lowest BCUT2D eigenvalue weighted by Crippen LogP contribution is -2.42. The van der Waals surface area contributed by atoms with Gasteiger partial charge in [0.2, 0.25) is 0 Å². The molecule has 1 aliphatic heterocycles. The van der Waals surface area contributed by atoms with Crippen molar-refractivity contribution in [3.05, 3.63) is 0 Å². The molecular weight excluding hydrogens is 130 g/mol. The summed E-state index contributed by atoms with van der Waals surface area (Å²) in [6.07, 6.45) is 0. The first kappa shape index (κ1) is 5.75. The monoisotopic (exact) mass is 137 g/mol. The summed E-state index contributed by atoms with van der Waals surface area (Å²) in [5.74, 6) is 0. The molecule has 0 radical (unpaired) electrons. The standard InChI is InChI=1S/C3H7NOS2/c6-3(7)4-1-5-2-4/h3,6-7H,1-2H2. The highest BCUT2D eigenvalue weighted by Gasteiger charge is 2.17. The van der Waals surface area contributed by atoms with Crippen molar-refractivity contribution in [2.75, 3.05) is 13.5 Å². The Morgan fingerprint density at radius 2 is 2.00 bits per heavy atom. The van der Waals surface area contributed by atoms with Crippen molar-refractivity contribution in [2.24, 2.45) is 0 Å². The fourth-order valence-corrected chi connectivity index (χ4v) is 0.597. The zero-order valence-corrected chi connectivity index (χ0v) is 5.53. The van der Waals surface area contributed by atoms with Crippen LogP contribution in [0.1, 0.15) is 0 Å². The molecule has 42 valence electrons. The second kappa shape index (κ2) is 2.26. The summed E-state index contributed by atoms with van der Waals surface area (Å²) < 4.78 is 4.87. The van der Waals surface area contributed by atoms with Crippen LogP contribution in [0.5, 0.6) is 0 Å². The van der Waals surface area contributed by atoms with Gasteiger partial charge in [0, 0.05) is 0 Å². The molecule has 0 saturated carbocycles. The van der Waals surface area contributed by atoms with Gasteiger partial charge in [-0.1, -0.05) is 0 Å². The van der Waals surface area contributed by atoms with Gasteiger partial charge in [0.15, 0.2) is 0 Å². The van der Waals surface area contributed by atoms with E-state index in [2.05, 4.69) is 25.3 Å². The van der Waals surface area contributed by atoms with E-state index < -0.39 is 0 Å². The fourth-order valence-electron chi connectivity index (χ4n) is 0.330. The van der Waals surface area contributed by atoms with Gasteiger partial charge >= 0.3 is 0 Å². The molecule has 0 atom stereocenters. The molecule has 1 rings (SSSR count). The third-order valence-corrected chi connectivity index (χ3v) is 1.49. The predicted octanol–water partition coefficient (Wildman–Crippen LogP) is 0.377. The highest BCUT2D eigenvalue weighted by atomic mass is 32.2. The molecule has 4 heteroatoms. The first-order chi connectivity index (χ1) is 3.30. The Morgan fingerprint density at radius 3 is 2.00 bits per heavy atom. The van der Waals surface area contributed by atoms with E-state index in [0.717, 1.165) is 0 Å². The van der Waals surface area contributed by atoms with Crippen LogP contribution in [0.2, 0.25) is 0 Å². The minimum Gasteiger partial charge on any atom is -0.350 e. The van der Waals surface area contributed by atoms with Crippen molar-refractivity contribution in [1.29, 1.82) is 0 Å². The molecule has 0 aromatic rings. The number of rotatable bonds is 1. The average molecular weight is 137 g/mol. The zero-order chi connectivity index (χ0) is 5.28. The van der Waals surface area contributed by atoms with E-state index in [1.807, 2.05) is 4.90 Å². The molecule has 0 bridgehead atoms. The molecule has 2 nitrogen and oxygen atoms in total. The van der Waals surface area contributed by atoms with Gasteiger partial charge in [0.1, 0.15) is 18.2 Å². The van der Waals surface area contributed by atoms with Crippen LogP contribution >= 0.6 is 25.3 Å². The van der Waals surface area contributed by atoms with Gasteiger partial charge in [-0.15, -0.1) is 25.3 Å².